The molecule has 1 N–H and O–H groups in total. The molecular weight excluding hydrogens is 356 g/mol. The molecule has 5 rings (SSSR count). The molecule has 0 radical (unpaired) electrons. The van der Waals surface area contributed by atoms with Crippen LogP contribution in [0.15, 0.2) is 0 Å². The van der Waals surface area contributed by atoms with Gasteiger partial charge in [-0.2, -0.15) is 0 Å². The Bertz CT molecular complexity index is 616. The van der Waals surface area contributed by atoms with E-state index in [4.69, 9.17) is 4.74 Å². The normalized spacial score (nSPS) is 56.6. The minimum Gasteiger partial charge on any atom is -0.393 e. The predicted octanol–water partition coefficient (Wildman–Crippen LogP) is 6.46. The fourth-order valence-corrected chi connectivity index (χ4v) is 9.75. The molecule has 4 saturated carbocycles. The molecular formula is C27H46O2. The lowest BCUT2D eigenvalue weighted by Gasteiger charge is -2.61. The third-order valence-corrected chi connectivity index (χ3v) is 11.3. The van der Waals surface area contributed by atoms with Crippen LogP contribution in [0.25, 0.3) is 0 Å². The van der Waals surface area contributed by atoms with Crippen LogP contribution >= 0.6 is 0 Å². The van der Waals surface area contributed by atoms with Crippen molar-refractivity contribution in [2.45, 2.75) is 117 Å². The van der Waals surface area contributed by atoms with E-state index >= 15 is 0 Å². The summed E-state index contributed by atoms with van der Waals surface area (Å²) in [7, 11) is 0. The van der Waals surface area contributed by atoms with Crippen molar-refractivity contribution in [1.29, 1.82) is 0 Å². The lowest BCUT2D eigenvalue weighted by atomic mass is 9.44. The molecule has 1 saturated heterocycles. The summed E-state index contributed by atoms with van der Waals surface area (Å²) in [6.07, 6.45) is 14.0. The molecule has 0 bridgehead atoms. The number of ether oxygens (including phenoxy) is 1. The number of hydrogen-bond donors (Lipinski definition) is 1. The van der Waals surface area contributed by atoms with Crippen LogP contribution in [0.3, 0.4) is 0 Å². The van der Waals surface area contributed by atoms with Gasteiger partial charge in [-0.05, 0) is 116 Å². The first-order valence-corrected chi connectivity index (χ1v) is 13.1. The summed E-state index contributed by atoms with van der Waals surface area (Å²) in [5, 5.41) is 10.3. The average molecular weight is 403 g/mol. The van der Waals surface area contributed by atoms with Crippen molar-refractivity contribution in [3.63, 3.8) is 0 Å². The van der Waals surface area contributed by atoms with Crippen molar-refractivity contribution in [3.8, 4) is 0 Å². The van der Waals surface area contributed by atoms with Crippen LogP contribution in [0.2, 0.25) is 0 Å². The zero-order chi connectivity index (χ0) is 20.6. The van der Waals surface area contributed by atoms with Gasteiger partial charge >= 0.3 is 0 Å². The number of rotatable bonds is 3. The van der Waals surface area contributed by atoms with E-state index in [-0.39, 0.29) is 6.10 Å². The Morgan fingerprint density at radius 1 is 0.966 bits per heavy atom. The van der Waals surface area contributed by atoms with Gasteiger partial charge < -0.3 is 9.84 Å². The van der Waals surface area contributed by atoms with E-state index in [0.717, 1.165) is 54.3 Å². The van der Waals surface area contributed by atoms with Gasteiger partial charge in [-0.3, -0.25) is 0 Å². The van der Waals surface area contributed by atoms with Crippen molar-refractivity contribution in [2.24, 2.45) is 52.3 Å². The topological polar surface area (TPSA) is 29.5 Å². The summed E-state index contributed by atoms with van der Waals surface area (Å²) in [5.74, 6) is 5.79. The molecule has 2 nitrogen and oxygen atoms in total. The van der Waals surface area contributed by atoms with Gasteiger partial charge in [-0.1, -0.05) is 34.6 Å². The first kappa shape index (κ1) is 20.8. The minimum absolute atomic E-state index is 0.0265. The maximum atomic E-state index is 10.3. The van der Waals surface area contributed by atoms with Gasteiger partial charge in [0.15, 0.2) is 0 Å². The third-order valence-electron chi connectivity index (χ3n) is 11.3. The Labute approximate surface area is 179 Å². The van der Waals surface area contributed by atoms with Gasteiger partial charge in [-0.15, -0.1) is 0 Å². The maximum absolute atomic E-state index is 10.3. The van der Waals surface area contributed by atoms with Gasteiger partial charge in [0.1, 0.15) is 0 Å². The minimum atomic E-state index is -0.0265. The number of fused-ring (bicyclic) bond motifs is 7. The quantitative estimate of drug-likeness (QED) is 0.587. The Balaban J connectivity index is 1.35. The molecule has 1 heterocycles. The van der Waals surface area contributed by atoms with Gasteiger partial charge in [0.05, 0.1) is 18.3 Å². The predicted molar refractivity (Wildman–Crippen MR) is 119 cm³/mol. The molecule has 29 heavy (non-hydrogen) atoms. The van der Waals surface area contributed by atoms with Crippen LogP contribution < -0.4 is 0 Å². The molecule has 2 heteroatoms. The van der Waals surface area contributed by atoms with Crippen molar-refractivity contribution < 1.29 is 9.84 Å². The number of aliphatic hydroxyl groups is 1. The van der Waals surface area contributed by atoms with E-state index in [0.29, 0.717) is 23.0 Å². The molecule has 0 aromatic rings. The van der Waals surface area contributed by atoms with Crippen molar-refractivity contribution in [3.05, 3.63) is 0 Å². The second-order valence-corrected chi connectivity index (χ2v) is 12.9. The molecule has 5 aliphatic rings. The van der Waals surface area contributed by atoms with Crippen LogP contribution in [-0.4, -0.2) is 23.4 Å². The van der Waals surface area contributed by atoms with E-state index in [1.807, 2.05) is 0 Å². The van der Waals surface area contributed by atoms with Crippen LogP contribution in [0.1, 0.15) is 98.8 Å². The SMILES string of the molecule is CC(C)CCC1OC2C[C@H]3[C@@H]4CCC5CC(O)CC[C@]5(C)[C@H]4CC[C@]3(C)[C@H]2[C@@H]1C. The van der Waals surface area contributed by atoms with E-state index in [1.54, 1.807) is 0 Å². The average Bonchev–Trinajstić information content (AvgIpc) is 3.14. The highest BCUT2D eigenvalue weighted by molar-refractivity contribution is 5.14. The highest BCUT2D eigenvalue weighted by atomic mass is 16.5. The maximum Gasteiger partial charge on any atom is 0.0618 e. The molecule has 0 amide bonds. The first-order valence-electron chi connectivity index (χ1n) is 13.1. The third kappa shape index (κ3) is 3.09. The standard InChI is InChI=1S/C27H46O2/c1-16(2)6-9-23-17(3)25-24(29-23)15-22-20-8-7-18-14-19(28)10-12-26(18,4)21(20)11-13-27(22,25)5/h16-25,28H,6-15H2,1-5H3/t17-,18?,19?,20-,21+,22+,23?,24?,25+,26+,27+/m1/s1. The fourth-order valence-electron chi connectivity index (χ4n) is 9.75. The van der Waals surface area contributed by atoms with Gasteiger partial charge in [0.2, 0.25) is 0 Å². The second-order valence-electron chi connectivity index (χ2n) is 12.9. The van der Waals surface area contributed by atoms with E-state index in [2.05, 4.69) is 34.6 Å². The largest absolute Gasteiger partial charge is 0.393 e. The van der Waals surface area contributed by atoms with Crippen molar-refractivity contribution in [2.75, 3.05) is 0 Å². The Kier molecular flexibility index (Phi) is 5.18. The smallest absolute Gasteiger partial charge is 0.0618 e. The molecule has 5 fully saturated rings. The number of aliphatic hydroxyl groups excluding tert-OH is 1. The lowest BCUT2D eigenvalue weighted by molar-refractivity contribution is -0.130. The molecule has 11 atom stereocenters. The Morgan fingerprint density at radius 3 is 2.48 bits per heavy atom. The first-order chi connectivity index (χ1) is 13.7. The molecule has 0 spiro atoms. The van der Waals surface area contributed by atoms with Crippen molar-refractivity contribution in [1.82, 2.24) is 0 Å². The lowest BCUT2D eigenvalue weighted by Crippen LogP contribution is -2.54. The fraction of sp³-hybridized carbons (Fsp3) is 1.00. The van der Waals surface area contributed by atoms with Crippen LogP contribution in [0.5, 0.6) is 0 Å². The Morgan fingerprint density at radius 2 is 1.72 bits per heavy atom. The molecule has 166 valence electrons. The van der Waals surface area contributed by atoms with E-state index in [1.165, 1.54) is 51.4 Å². The zero-order valence-electron chi connectivity index (χ0n) is 19.7. The van der Waals surface area contributed by atoms with Crippen LogP contribution in [-0.2, 0) is 4.74 Å². The van der Waals surface area contributed by atoms with Gasteiger partial charge in [0.25, 0.3) is 0 Å². The van der Waals surface area contributed by atoms with E-state index in [9.17, 15) is 5.11 Å². The summed E-state index contributed by atoms with van der Waals surface area (Å²) in [6.45, 7) is 12.5. The summed E-state index contributed by atoms with van der Waals surface area (Å²) in [6, 6.07) is 0. The van der Waals surface area contributed by atoms with Crippen LogP contribution in [0.4, 0.5) is 0 Å². The summed E-state index contributed by atoms with van der Waals surface area (Å²) < 4.78 is 6.80. The van der Waals surface area contributed by atoms with Gasteiger partial charge in [-0.25, -0.2) is 0 Å². The highest BCUT2D eigenvalue weighted by Crippen LogP contribution is 2.70. The monoisotopic (exact) mass is 402 g/mol. The van der Waals surface area contributed by atoms with Crippen molar-refractivity contribution >= 4 is 0 Å². The second kappa shape index (κ2) is 7.22. The Hall–Kier alpha value is -0.0800. The molecule has 4 unspecified atom stereocenters. The highest BCUT2D eigenvalue weighted by Gasteiger charge is 2.65. The zero-order valence-corrected chi connectivity index (χ0v) is 19.7. The number of hydrogen-bond acceptors (Lipinski definition) is 2. The van der Waals surface area contributed by atoms with E-state index < -0.39 is 0 Å². The summed E-state index contributed by atoms with van der Waals surface area (Å²) in [4.78, 5) is 0. The summed E-state index contributed by atoms with van der Waals surface area (Å²) in [5.41, 5.74) is 1.00. The molecule has 1 aliphatic heterocycles. The molecule has 4 aliphatic carbocycles. The molecule has 0 aromatic heterocycles. The van der Waals surface area contributed by atoms with Crippen LogP contribution in [0, 0.1) is 52.3 Å². The summed E-state index contributed by atoms with van der Waals surface area (Å²) >= 11 is 0. The van der Waals surface area contributed by atoms with Gasteiger partial charge in [0, 0.05) is 0 Å². The molecule has 0 aromatic carbocycles.